The van der Waals surface area contributed by atoms with Crippen LogP contribution in [0.2, 0.25) is 10.0 Å². The van der Waals surface area contributed by atoms with Crippen LogP contribution in [0.25, 0.3) is 0 Å². The predicted octanol–water partition coefficient (Wildman–Crippen LogP) is 2.85. The Morgan fingerprint density at radius 2 is 2.26 bits per heavy atom. The first-order chi connectivity index (χ1) is 9.06. The quantitative estimate of drug-likeness (QED) is 0.881. The van der Waals surface area contributed by atoms with Gasteiger partial charge in [0.05, 0.1) is 16.5 Å². The lowest BCUT2D eigenvalue weighted by Crippen LogP contribution is -2.14. The summed E-state index contributed by atoms with van der Waals surface area (Å²) in [4.78, 5) is 11.8. The number of aryl methyl sites for hydroxylation is 1. The van der Waals surface area contributed by atoms with E-state index in [0.29, 0.717) is 20.9 Å². The fourth-order valence-electron chi connectivity index (χ4n) is 1.31. The molecule has 0 fully saturated rings. The van der Waals surface area contributed by atoms with E-state index < -0.39 is 0 Å². The first kappa shape index (κ1) is 14.2. The van der Waals surface area contributed by atoms with Crippen molar-refractivity contribution in [3.63, 3.8) is 0 Å². The van der Waals surface area contributed by atoms with Crippen molar-refractivity contribution in [1.29, 1.82) is 0 Å². The van der Waals surface area contributed by atoms with Crippen molar-refractivity contribution in [2.24, 2.45) is 7.05 Å². The molecule has 2 aromatic rings. The number of hydrogen-bond acceptors (Lipinski definition) is 4. The molecule has 5 nitrogen and oxygen atoms in total. The van der Waals surface area contributed by atoms with E-state index in [1.54, 1.807) is 29.1 Å². The molecular weight excluding hydrogens is 307 g/mol. The molecule has 1 amide bonds. The molecule has 1 aromatic carbocycles. The van der Waals surface area contributed by atoms with Gasteiger partial charge in [0, 0.05) is 12.1 Å². The maximum atomic E-state index is 11.8. The van der Waals surface area contributed by atoms with E-state index in [2.05, 4.69) is 15.5 Å². The average molecular weight is 317 g/mol. The number of nitrogens with one attached hydrogen (secondary N) is 1. The third-order valence-corrected chi connectivity index (χ3v) is 3.80. The Morgan fingerprint density at radius 1 is 1.47 bits per heavy atom. The molecule has 0 atom stereocenters. The number of halogens is 2. The number of benzene rings is 1. The Balaban J connectivity index is 1.94. The minimum absolute atomic E-state index is 0.183. The number of thioether (sulfide) groups is 1. The Bertz CT molecular complexity index is 602. The van der Waals surface area contributed by atoms with Crippen LogP contribution in [-0.4, -0.2) is 26.4 Å². The molecule has 0 saturated heterocycles. The topological polar surface area (TPSA) is 59.8 Å². The van der Waals surface area contributed by atoms with Gasteiger partial charge in [0.2, 0.25) is 5.91 Å². The van der Waals surface area contributed by atoms with Gasteiger partial charge in [-0.3, -0.25) is 4.79 Å². The largest absolute Gasteiger partial charge is 0.324 e. The Kier molecular flexibility index (Phi) is 4.68. The summed E-state index contributed by atoms with van der Waals surface area (Å²) in [6.45, 7) is 0. The minimum Gasteiger partial charge on any atom is -0.324 e. The monoisotopic (exact) mass is 316 g/mol. The van der Waals surface area contributed by atoms with Crippen molar-refractivity contribution in [2.75, 3.05) is 11.1 Å². The van der Waals surface area contributed by atoms with Crippen molar-refractivity contribution in [3.8, 4) is 0 Å². The summed E-state index contributed by atoms with van der Waals surface area (Å²) in [5.41, 5.74) is 0.498. The molecule has 0 bridgehead atoms. The first-order valence-electron chi connectivity index (χ1n) is 5.28. The van der Waals surface area contributed by atoms with E-state index in [0.717, 1.165) is 0 Å². The second-order valence-corrected chi connectivity index (χ2v) is 5.47. The molecule has 8 heteroatoms. The fraction of sp³-hybridized carbons (Fsp3) is 0.182. The molecule has 0 aliphatic heterocycles. The summed E-state index contributed by atoms with van der Waals surface area (Å²) < 4.78 is 1.74. The van der Waals surface area contributed by atoms with Crippen LogP contribution in [0.5, 0.6) is 0 Å². The number of carbonyl (C=O) groups is 1. The average Bonchev–Trinajstić information content (AvgIpc) is 2.77. The van der Waals surface area contributed by atoms with Gasteiger partial charge in [0.25, 0.3) is 0 Å². The van der Waals surface area contributed by atoms with Crippen molar-refractivity contribution in [3.05, 3.63) is 34.6 Å². The Labute approximate surface area is 124 Å². The number of aromatic nitrogens is 3. The summed E-state index contributed by atoms with van der Waals surface area (Å²) in [6, 6.07) is 4.90. The lowest BCUT2D eigenvalue weighted by molar-refractivity contribution is -0.113. The minimum atomic E-state index is -0.183. The molecule has 0 saturated carbocycles. The molecular formula is C11H10Cl2N4OS. The molecule has 0 unspecified atom stereocenters. The summed E-state index contributed by atoms with van der Waals surface area (Å²) in [5, 5.41) is 11.9. The molecule has 100 valence electrons. The van der Waals surface area contributed by atoms with E-state index in [-0.39, 0.29) is 11.7 Å². The zero-order valence-corrected chi connectivity index (χ0v) is 12.3. The smallest absolute Gasteiger partial charge is 0.234 e. The van der Waals surface area contributed by atoms with Crippen LogP contribution in [0.4, 0.5) is 5.69 Å². The molecule has 1 N–H and O–H groups in total. The highest BCUT2D eigenvalue weighted by molar-refractivity contribution is 7.99. The summed E-state index contributed by atoms with van der Waals surface area (Å²) >= 11 is 13.1. The number of nitrogens with zero attached hydrogens (tertiary/aromatic N) is 3. The molecule has 1 heterocycles. The fourth-order valence-corrected chi connectivity index (χ4v) is 2.34. The van der Waals surface area contributed by atoms with Crippen molar-refractivity contribution in [2.45, 2.75) is 5.16 Å². The molecule has 0 aliphatic rings. The highest BCUT2D eigenvalue weighted by atomic mass is 35.5. The van der Waals surface area contributed by atoms with E-state index in [1.165, 1.54) is 11.8 Å². The van der Waals surface area contributed by atoms with Gasteiger partial charge in [0.1, 0.15) is 6.33 Å². The lowest BCUT2D eigenvalue weighted by atomic mass is 10.3. The second-order valence-electron chi connectivity index (χ2n) is 3.69. The molecule has 1 aromatic heterocycles. The van der Waals surface area contributed by atoms with Gasteiger partial charge < -0.3 is 9.88 Å². The van der Waals surface area contributed by atoms with Crippen molar-refractivity contribution >= 4 is 46.6 Å². The highest BCUT2D eigenvalue weighted by Gasteiger charge is 2.09. The lowest BCUT2D eigenvalue weighted by Gasteiger charge is -2.07. The van der Waals surface area contributed by atoms with Crippen LogP contribution in [0.3, 0.4) is 0 Å². The van der Waals surface area contributed by atoms with Gasteiger partial charge in [-0.25, -0.2) is 0 Å². The second kappa shape index (κ2) is 6.27. The van der Waals surface area contributed by atoms with E-state index in [1.807, 2.05) is 7.05 Å². The van der Waals surface area contributed by atoms with E-state index in [9.17, 15) is 4.79 Å². The Hall–Kier alpha value is -1.24. The summed E-state index contributed by atoms with van der Waals surface area (Å²) in [6.07, 6.45) is 1.58. The number of anilines is 1. The van der Waals surface area contributed by atoms with Crippen molar-refractivity contribution < 1.29 is 4.79 Å². The van der Waals surface area contributed by atoms with Gasteiger partial charge in [-0.1, -0.05) is 35.0 Å². The maximum absolute atomic E-state index is 11.8. The molecule has 0 aliphatic carbocycles. The van der Waals surface area contributed by atoms with Crippen molar-refractivity contribution in [1.82, 2.24) is 14.8 Å². The predicted molar refractivity (Wildman–Crippen MR) is 76.8 cm³/mol. The standard InChI is InChI=1S/C11H10Cl2N4OS/c1-17-6-14-16-11(17)19-5-10(18)15-9-4-7(12)2-3-8(9)13/h2-4,6H,5H2,1H3,(H,15,18). The highest BCUT2D eigenvalue weighted by Crippen LogP contribution is 2.25. The van der Waals surface area contributed by atoms with Gasteiger partial charge >= 0.3 is 0 Å². The molecule has 0 radical (unpaired) electrons. The van der Waals surface area contributed by atoms with Crippen LogP contribution < -0.4 is 5.32 Å². The third-order valence-electron chi connectivity index (χ3n) is 2.20. The third kappa shape index (κ3) is 3.86. The van der Waals surface area contributed by atoms with Crippen LogP contribution in [-0.2, 0) is 11.8 Å². The SMILES string of the molecule is Cn1cnnc1SCC(=O)Nc1cc(Cl)ccc1Cl. The zero-order valence-electron chi connectivity index (χ0n) is 9.93. The van der Waals surface area contributed by atoms with Crippen LogP contribution in [0.1, 0.15) is 0 Å². The number of carbonyl (C=O) groups excluding carboxylic acids is 1. The van der Waals surface area contributed by atoms with Gasteiger partial charge in [0.15, 0.2) is 5.16 Å². The van der Waals surface area contributed by atoms with Gasteiger partial charge in [-0.15, -0.1) is 10.2 Å². The van der Waals surface area contributed by atoms with Gasteiger partial charge in [-0.2, -0.15) is 0 Å². The van der Waals surface area contributed by atoms with Crippen LogP contribution in [0.15, 0.2) is 29.7 Å². The molecule has 2 rings (SSSR count). The van der Waals surface area contributed by atoms with Crippen LogP contribution >= 0.6 is 35.0 Å². The summed E-state index contributed by atoms with van der Waals surface area (Å²) in [5.74, 6) is 0.0345. The molecule has 0 spiro atoms. The van der Waals surface area contributed by atoms with Crippen LogP contribution in [0, 0.1) is 0 Å². The normalized spacial score (nSPS) is 10.5. The summed E-state index contributed by atoms with van der Waals surface area (Å²) in [7, 11) is 1.81. The Morgan fingerprint density at radius 3 is 2.95 bits per heavy atom. The van der Waals surface area contributed by atoms with E-state index >= 15 is 0 Å². The van der Waals surface area contributed by atoms with Gasteiger partial charge in [-0.05, 0) is 18.2 Å². The number of amides is 1. The zero-order chi connectivity index (χ0) is 13.8. The first-order valence-corrected chi connectivity index (χ1v) is 7.02. The molecule has 19 heavy (non-hydrogen) atoms. The number of rotatable bonds is 4. The maximum Gasteiger partial charge on any atom is 0.234 e. The number of hydrogen-bond donors (Lipinski definition) is 1. The van der Waals surface area contributed by atoms with E-state index in [4.69, 9.17) is 23.2 Å².